The highest BCUT2D eigenvalue weighted by Gasteiger charge is 2.50. The first-order valence-corrected chi connectivity index (χ1v) is 13.7. The number of carbonyl (C=O) groups excluding carboxylic acids is 1. The minimum Gasteiger partial charge on any atom is -0.388 e. The van der Waals surface area contributed by atoms with Crippen LogP contribution in [0.25, 0.3) is 0 Å². The first kappa shape index (κ1) is 28.4. The van der Waals surface area contributed by atoms with Gasteiger partial charge in [-0.2, -0.15) is 3.89 Å². The number of carbonyl (C=O) groups is 1. The van der Waals surface area contributed by atoms with Crippen molar-refractivity contribution in [2.75, 3.05) is 32.7 Å². The summed E-state index contributed by atoms with van der Waals surface area (Å²) in [5.41, 5.74) is -0.725. The number of aliphatic hydroxyl groups excluding tert-OH is 3. The number of nitrogens with zero attached hydrogens (tertiary/aromatic N) is 1. The Labute approximate surface area is 203 Å². The van der Waals surface area contributed by atoms with Gasteiger partial charge in [0.15, 0.2) is 0 Å². The highest BCUT2D eigenvalue weighted by molar-refractivity contribution is 7.99. The molecule has 0 spiro atoms. The first-order valence-electron chi connectivity index (χ1n) is 10.8. The summed E-state index contributed by atoms with van der Waals surface area (Å²) in [7, 11) is 1.91. The highest BCUT2D eigenvalue weighted by atomic mass is 35.5. The molecular formula is C20H36ClFN2O6S2. The standard InChI is InChI=1S/C19H33ClN2O6S.CH3FS/c1-9(20)11(17-14(24)13(23)15(25)19(28-17)29-3)21-18(26)12-16-10(8-22(12)2)6-4-5-7-27-16;1-3-2/h9-17,19,23-25H,4-8H2,1-3H3,(H,21,26);1H3/t9-,10-,11+,12-,13+,14?,15+,16+,17+,19?;/m0./s1. The number of nitrogens with one attached hydrogen (secondary N) is 1. The first-order chi connectivity index (χ1) is 15.2. The van der Waals surface area contributed by atoms with Gasteiger partial charge in [-0.25, -0.2) is 0 Å². The van der Waals surface area contributed by atoms with E-state index in [-0.39, 0.29) is 24.2 Å². The van der Waals surface area contributed by atoms with E-state index in [0.717, 1.165) is 25.8 Å². The lowest BCUT2D eigenvalue weighted by atomic mass is 9.92. The van der Waals surface area contributed by atoms with Crippen molar-refractivity contribution in [1.82, 2.24) is 10.2 Å². The summed E-state index contributed by atoms with van der Waals surface area (Å²) in [6.07, 6.45) is 1.17. The Balaban J connectivity index is 0.00000114. The molecule has 3 heterocycles. The molecule has 12 heteroatoms. The zero-order chi connectivity index (χ0) is 24.0. The molecular weight excluding hydrogens is 483 g/mol. The summed E-state index contributed by atoms with van der Waals surface area (Å²) in [5.74, 6) is 0.0935. The second-order valence-corrected chi connectivity index (χ2v) is 10.5. The Bertz CT molecular complexity index is 596. The maximum Gasteiger partial charge on any atom is 0.240 e. The SMILES string of the molecule is CSC1O[C@H]([C@H](NC(=O)[C@@H]2[C@@H]3OCCCC[C@H]3CN2C)[C@H](C)Cl)C(O)[C@@H](O)[C@H]1O.CSF. The average molecular weight is 519 g/mol. The van der Waals surface area contributed by atoms with Crippen LogP contribution in [0.3, 0.4) is 0 Å². The largest absolute Gasteiger partial charge is 0.388 e. The molecule has 10 atom stereocenters. The van der Waals surface area contributed by atoms with Gasteiger partial charge in [0.25, 0.3) is 0 Å². The molecule has 0 radical (unpaired) electrons. The van der Waals surface area contributed by atoms with Gasteiger partial charge < -0.3 is 30.1 Å². The number of fused-ring (bicyclic) bond motifs is 1. The molecule has 2 unspecified atom stereocenters. The average Bonchev–Trinajstić information content (AvgIpc) is 2.90. The quantitative estimate of drug-likeness (QED) is 0.396. The predicted molar refractivity (Wildman–Crippen MR) is 126 cm³/mol. The number of hydrogen-bond donors (Lipinski definition) is 4. The minimum absolute atomic E-state index is 0.169. The van der Waals surface area contributed by atoms with E-state index in [1.54, 1.807) is 13.2 Å². The number of halogens is 2. The third-order valence-corrected chi connectivity index (χ3v) is 7.44. The van der Waals surface area contributed by atoms with E-state index < -0.39 is 47.3 Å². The van der Waals surface area contributed by atoms with E-state index in [1.807, 2.05) is 11.9 Å². The smallest absolute Gasteiger partial charge is 0.240 e. The predicted octanol–water partition coefficient (Wildman–Crippen LogP) is 1.00. The zero-order valence-electron chi connectivity index (χ0n) is 18.9. The van der Waals surface area contributed by atoms with Crippen LogP contribution in [0.1, 0.15) is 26.2 Å². The van der Waals surface area contributed by atoms with Crippen LogP contribution in [0.15, 0.2) is 0 Å². The molecule has 0 aliphatic carbocycles. The molecule has 3 aliphatic heterocycles. The Morgan fingerprint density at radius 1 is 1.22 bits per heavy atom. The van der Waals surface area contributed by atoms with Gasteiger partial charge in [-0.05, 0) is 39.0 Å². The number of hydrogen-bond acceptors (Lipinski definition) is 9. The van der Waals surface area contributed by atoms with Gasteiger partial charge in [-0.1, -0.05) is 6.42 Å². The molecule has 0 aromatic carbocycles. The number of aliphatic hydroxyl groups is 3. The molecule has 32 heavy (non-hydrogen) atoms. The maximum atomic E-state index is 13.2. The van der Waals surface area contributed by atoms with Gasteiger partial charge in [-0.15, -0.1) is 23.4 Å². The molecule has 3 saturated heterocycles. The number of thioether (sulfide) groups is 1. The van der Waals surface area contributed by atoms with E-state index >= 15 is 0 Å². The van der Waals surface area contributed by atoms with E-state index in [0.29, 0.717) is 12.5 Å². The fourth-order valence-electron chi connectivity index (χ4n) is 4.73. The molecule has 8 nitrogen and oxygen atoms in total. The summed E-state index contributed by atoms with van der Waals surface area (Å²) < 4.78 is 22.1. The normalized spacial score (nSPS) is 39.8. The second kappa shape index (κ2) is 13.3. The van der Waals surface area contributed by atoms with Crippen molar-refractivity contribution in [3.05, 3.63) is 0 Å². The van der Waals surface area contributed by atoms with Gasteiger partial charge >= 0.3 is 0 Å². The van der Waals surface area contributed by atoms with Crippen molar-refractivity contribution in [3.8, 4) is 0 Å². The van der Waals surface area contributed by atoms with Crippen LogP contribution >= 0.6 is 35.5 Å². The number of amides is 1. The number of alkyl halides is 1. The van der Waals surface area contributed by atoms with Crippen LogP contribution in [0.5, 0.6) is 0 Å². The molecule has 4 N–H and O–H groups in total. The fourth-order valence-corrected chi connectivity index (χ4v) is 5.62. The van der Waals surface area contributed by atoms with Crippen LogP contribution in [0.4, 0.5) is 3.89 Å². The monoisotopic (exact) mass is 518 g/mol. The fraction of sp³-hybridized carbons (Fsp3) is 0.950. The molecule has 0 saturated carbocycles. The van der Waals surface area contributed by atoms with Crippen LogP contribution in [-0.4, -0.2) is 112 Å². The summed E-state index contributed by atoms with van der Waals surface area (Å²) >= 11 is 7.84. The number of likely N-dealkylation sites (N-methyl/N-ethyl adjacent to an activating group) is 1. The van der Waals surface area contributed by atoms with E-state index in [2.05, 4.69) is 5.32 Å². The molecule has 1 amide bonds. The van der Waals surface area contributed by atoms with Crippen LogP contribution in [0, 0.1) is 5.92 Å². The lowest BCUT2D eigenvalue weighted by Crippen LogP contribution is -2.65. The number of likely N-dealkylation sites (tertiary alicyclic amines) is 1. The van der Waals surface area contributed by atoms with Gasteiger partial charge in [0.1, 0.15) is 35.9 Å². The maximum absolute atomic E-state index is 13.2. The summed E-state index contributed by atoms with van der Waals surface area (Å²) in [6, 6.07) is -1.18. The Morgan fingerprint density at radius 3 is 2.47 bits per heavy atom. The molecule has 188 valence electrons. The molecule has 0 bridgehead atoms. The topological polar surface area (TPSA) is 111 Å². The molecule has 3 fully saturated rings. The third-order valence-electron chi connectivity index (χ3n) is 6.32. The Kier molecular flexibility index (Phi) is 11.8. The third kappa shape index (κ3) is 6.63. The lowest BCUT2D eigenvalue weighted by molar-refractivity contribution is -0.205. The number of rotatable bonds is 5. The molecule has 0 aromatic rings. The van der Waals surface area contributed by atoms with Crippen molar-refractivity contribution in [2.45, 2.75) is 79.6 Å². The van der Waals surface area contributed by atoms with Gasteiger partial charge in [0.2, 0.25) is 5.91 Å². The Hall–Kier alpha value is 0.150. The van der Waals surface area contributed by atoms with Crippen LogP contribution in [0.2, 0.25) is 0 Å². The highest BCUT2D eigenvalue weighted by Crippen LogP contribution is 2.33. The van der Waals surface area contributed by atoms with E-state index in [4.69, 9.17) is 21.1 Å². The van der Waals surface area contributed by atoms with Crippen molar-refractivity contribution >= 4 is 41.4 Å². The lowest BCUT2D eigenvalue weighted by Gasteiger charge is -2.44. The molecule has 3 rings (SSSR count). The van der Waals surface area contributed by atoms with E-state index in [9.17, 15) is 24.0 Å². The van der Waals surface area contributed by atoms with Crippen LogP contribution in [-0.2, 0) is 14.3 Å². The summed E-state index contributed by atoms with van der Waals surface area (Å²) in [5, 5.41) is 33.2. The molecule has 3 aliphatic rings. The van der Waals surface area contributed by atoms with Crippen LogP contribution < -0.4 is 5.32 Å². The van der Waals surface area contributed by atoms with Gasteiger partial charge in [-0.3, -0.25) is 9.69 Å². The Morgan fingerprint density at radius 2 is 1.88 bits per heavy atom. The molecule has 0 aromatic heterocycles. The van der Waals surface area contributed by atoms with Gasteiger partial charge in [0.05, 0.1) is 17.5 Å². The van der Waals surface area contributed by atoms with Crippen molar-refractivity contribution < 1.29 is 33.5 Å². The van der Waals surface area contributed by atoms with Gasteiger partial charge in [0, 0.05) is 31.6 Å². The van der Waals surface area contributed by atoms with Crippen molar-refractivity contribution in [3.63, 3.8) is 0 Å². The second-order valence-electron chi connectivity index (χ2n) is 8.52. The zero-order valence-corrected chi connectivity index (χ0v) is 21.3. The number of ether oxygens (including phenoxy) is 2. The summed E-state index contributed by atoms with van der Waals surface area (Å²) in [6.45, 7) is 3.15. The van der Waals surface area contributed by atoms with E-state index in [1.165, 1.54) is 18.0 Å². The minimum atomic E-state index is -1.38. The summed E-state index contributed by atoms with van der Waals surface area (Å²) in [4.78, 5) is 15.2. The van der Waals surface area contributed by atoms with Crippen molar-refractivity contribution in [2.24, 2.45) is 5.92 Å². The van der Waals surface area contributed by atoms with Crippen molar-refractivity contribution in [1.29, 1.82) is 0 Å².